The predicted molar refractivity (Wildman–Crippen MR) is 136 cm³/mol. The highest BCUT2D eigenvalue weighted by molar-refractivity contribution is 5.87. The van der Waals surface area contributed by atoms with E-state index < -0.39 is 12.2 Å². The SMILES string of the molecule is C=C1/C(=C\C=C2/CCC[C@]3(C)[C@@H]([C@H](C)[C@H](O)CCC4(C(=O)CC)CC4)CC[C@@H]23)C[C@@H](O)C[C@@H]1O. The summed E-state index contributed by atoms with van der Waals surface area (Å²) in [6, 6.07) is 0. The number of hydrogen-bond acceptors (Lipinski definition) is 4. The third-order valence-corrected chi connectivity index (χ3v) is 10.2. The van der Waals surface area contributed by atoms with Crippen LogP contribution in [0.25, 0.3) is 0 Å². The average molecular weight is 471 g/mol. The van der Waals surface area contributed by atoms with Gasteiger partial charge in [-0.1, -0.05) is 45.1 Å². The van der Waals surface area contributed by atoms with E-state index in [2.05, 4.69) is 32.6 Å². The molecule has 7 atom stereocenters. The molecule has 0 spiro atoms. The molecule has 0 heterocycles. The van der Waals surface area contributed by atoms with Gasteiger partial charge in [0.2, 0.25) is 0 Å². The van der Waals surface area contributed by atoms with Crippen LogP contribution in [0.3, 0.4) is 0 Å². The van der Waals surface area contributed by atoms with Crippen molar-refractivity contribution in [1.29, 1.82) is 0 Å². The number of aliphatic hydroxyl groups excluding tert-OH is 3. The third-order valence-electron chi connectivity index (χ3n) is 10.2. The van der Waals surface area contributed by atoms with Gasteiger partial charge in [-0.05, 0) is 98.5 Å². The van der Waals surface area contributed by atoms with Crippen LogP contribution in [-0.4, -0.2) is 39.4 Å². The minimum atomic E-state index is -0.648. The molecule has 0 amide bonds. The Morgan fingerprint density at radius 3 is 2.62 bits per heavy atom. The number of ketones is 1. The highest BCUT2D eigenvalue weighted by Gasteiger charge is 2.52. The Morgan fingerprint density at radius 1 is 1.21 bits per heavy atom. The van der Waals surface area contributed by atoms with Gasteiger partial charge in [-0.25, -0.2) is 0 Å². The summed E-state index contributed by atoms with van der Waals surface area (Å²) in [7, 11) is 0. The first kappa shape index (κ1) is 25.9. The van der Waals surface area contributed by atoms with Gasteiger partial charge in [-0.15, -0.1) is 0 Å². The van der Waals surface area contributed by atoms with Crippen molar-refractivity contribution in [3.05, 3.63) is 35.5 Å². The van der Waals surface area contributed by atoms with Crippen molar-refractivity contribution in [3.8, 4) is 0 Å². The zero-order valence-corrected chi connectivity index (χ0v) is 21.6. The Labute approximate surface area is 206 Å². The molecular formula is C30H46O4. The van der Waals surface area contributed by atoms with Gasteiger partial charge in [0, 0.05) is 18.3 Å². The van der Waals surface area contributed by atoms with E-state index in [9.17, 15) is 20.1 Å². The molecule has 0 aliphatic heterocycles. The molecule has 4 aliphatic carbocycles. The second-order valence-electron chi connectivity index (χ2n) is 12.2. The Balaban J connectivity index is 1.43. The van der Waals surface area contributed by atoms with Crippen LogP contribution < -0.4 is 0 Å². The molecule has 4 saturated carbocycles. The van der Waals surface area contributed by atoms with E-state index in [1.165, 1.54) is 18.4 Å². The van der Waals surface area contributed by atoms with Gasteiger partial charge in [-0.3, -0.25) is 4.79 Å². The monoisotopic (exact) mass is 470 g/mol. The van der Waals surface area contributed by atoms with E-state index in [1.807, 2.05) is 6.92 Å². The second kappa shape index (κ2) is 10.0. The van der Waals surface area contributed by atoms with Crippen LogP contribution in [-0.2, 0) is 4.79 Å². The fraction of sp³-hybridized carbons (Fsp3) is 0.767. The molecular weight excluding hydrogens is 424 g/mol. The van der Waals surface area contributed by atoms with Crippen LogP contribution in [0.4, 0.5) is 0 Å². The van der Waals surface area contributed by atoms with E-state index in [1.54, 1.807) is 0 Å². The average Bonchev–Trinajstić information content (AvgIpc) is 3.52. The van der Waals surface area contributed by atoms with Gasteiger partial charge in [0.25, 0.3) is 0 Å². The Kier molecular flexibility index (Phi) is 7.62. The van der Waals surface area contributed by atoms with Crippen molar-refractivity contribution in [2.45, 2.75) is 116 Å². The quantitative estimate of drug-likeness (QED) is 0.427. The van der Waals surface area contributed by atoms with E-state index >= 15 is 0 Å². The molecule has 0 aromatic rings. The molecule has 0 bridgehead atoms. The summed E-state index contributed by atoms with van der Waals surface area (Å²) in [5, 5.41) is 31.4. The largest absolute Gasteiger partial charge is 0.393 e. The van der Waals surface area contributed by atoms with E-state index in [4.69, 9.17) is 0 Å². The lowest BCUT2D eigenvalue weighted by molar-refractivity contribution is -0.124. The number of carbonyl (C=O) groups is 1. The summed E-state index contributed by atoms with van der Waals surface area (Å²) in [4.78, 5) is 12.3. The maximum absolute atomic E-state index is 12.3. The minimum Gasteiger partial charge on any atom is -0.393 e. The fourth-order valence-electron chi connectivity index (χ4n) is 7.76. The minimum absolute atomic E-state index is 0.115. The summed E-state index contributed by atoms with van der Waals surface area (Å²) < 4.78 is 0. The number of allylic oxidation sites excluding steroid dienone is 3. The van der Waals surface area contributed by atoms with Gasteiger partial charge in [0.05, 0.1) is 18.3 Å². The van der Waals surface area contributed by atoms with Crippen molar-refractivity contribution in [1.82, 2.24) is 0 Å². The molecule has 0 aromatic heterocycles. The molecule has 4 heteroatoms. The number of Topliss-reactive ketones (excluding diaryl/α,β-unsaturated/α-hetero) is 1. The second-order valence-corrected chi connectivity index (χ2v) is 12.2. The number of hydrogen-bond donors (Lipinski definition) is 3. The van der Waals surface area contributed by atoms with Gasteiger partial charge < -0.3 is 15.3 Å². The predicted octanol–water partition coefficient (Wildman–Crippen LogP) is 5.66. The molecule has 4 aliphatic rings. The lowest BCUT2D eigenvalue weighted by Gasteiger charge is -2.45. The molecule has 0 radical (unpaired) electrons. The first-order valence-corrected chi connectivity index (χ1v) is 13.8. The molecule has 4 fully saturated rings. The molecule has 0 unspecified atom stereocenters. The molecule has 4 nitrogen and oxygen atoms in total. The summed E-state index contributed by atoms with van der Waals surface area (Å²) in [6.45, 7) is 10.7. The van der Waals surface area contributed by atoms with Crippen LogP contribution in [0.15, 0.2) is 35.5 Å². The van der Waals surface area contributed by atoms with Crippen molar-refractivity contribution in [2.75, 3.05) is 0 Å². The Hall–Kier alpha value is -1.23. The van der Waals surface area contributed by atoms with Crippen molar-refractivity contribution in [3.63, 3.8) is 0 Å². The summed E-state index contributed by atoms with van der Waals surface area (Å²) >= 11 is 0. The van der Waals surface area contributed by atoms with E-state index in [0.717, 1.165) is 56.1 Å². The standard InChI is InChI=1S/C30H46O4/c1-5-28(34)30(15-16-30)14-12-26(32)20(3)24-10-11-25-21(7-6-13-29(24,25)4)8-9-22-17-23(31)18-27(33)19(22)2/h8-9,20,23-27,31-33H,2,5-7,10-18H2,1,3-4H3/b21-8+,22-9-/t20-,23+,24+,25-,26+,27-,29+/m0/s1. The van der Waals surface area contributed by atoms with E-state index in [0.29, 0.717) is 36.9 Å². The lowest BCUT2D eigenvalue weighted by atomic mass is 9.60. The molecule has 34 heavy (non-hydrogen) atoms. The van der Waals surface area contributed by atoms with Gasteiger partial charge in [-0.2, -0.15) is 0 Å². The first-order valence-electron chi connectivity index (χ1n) is 13.8. The normalized spacial score (nSPS) is 39.2. The van der Waals surface area contributed by atoms with E-state index in [-0.39, 0.29) is 22.9 Å². The maximum Gasteiger partial charge on any atom is 0.138 e. The smallest absolute Gasteiger partial charge is 0.138 e. The van der Waals surface area contributed by atoms with Crippen molar-refractivity contribution in [2.24, 2.45) is 28.6 Å². The summed E-state index contributed by atoms with van der Waals surface area (Å²) in [5.41, 5.74) is 3.29. The van der Waals surface area contributed by atoms with Crippen LogP contribution >= 0.6 is 0 Å². The first-order chi connectivity index (χ1) is 16.1. The number of rotatable bonds is 8. The summed E-state index contributed by atoms with van der Waals surface area (Å²) in [6.07, 6.45) is 13.8. The Morgan fingerprint density at radius 2 is 1.94 bits per heavy atom. The zero-order chi connectivity index (χ0) is 24.7. The molecule has 3 N–H and O–H groups in total. The maximum atomic E-state index is 12.3. The highest BCUT2D eigenvalue weighted by atomic mass is 16.3. The van der Waals surface area contributed by atoms with Crippen molar-refractivity contribution < 1.29 is 20.1 Å². The zero-order valence-electron chi connectivity index (χ0n) is 21.6. The fourth-order valence-corrected chi connectivity index (χ4v) is 7.76. The summed E-state index contributed by atoms with van der Waals surface area (Å²) in [5.74, 6) is 1.65. The lowest BCUT2D eigenvalue weighted by Crippen LogP contribution is -2.39. The van der Waals surface area contributed by atoms with Gasteiger partial charge >= 0.3 is 0 Å². The number of carbonyl (C=O) groups excluding carboxylic acids is 1. The number of fused-ring (bicyclic) bond motifs is 1. The molecule has 4 rings (SSSR count). The van der Waals surface area contributed by atoms with Crippen LogP contribution in [0.1, 0.15) is 97.8 Å². The molecule has 0 saturated heterocycles. The Bertz CT molecular complexity index is 850. The third kappa shape index (κ3) is 4.88. The van der Waals surface area contributed by atoms with Crippen LogP contribution in [0.5, 0.6) is 0 Å². The van der Waals surface area contributed by atoms with Crippen molar-refractivity contribution >= 4 is 5.78 Å². The highest BCUT2D eigenvalue weighted by Crippen LogP contribution is 2.60. The van der Waals surface area contributed by atoms with Crippen LogP contribution in [0, 0.1) is 28.6 Å². The topological polar surface area (TPSA) is 77.8 Å². The van der Waals surface area contributed by atoms with Gasteiger partial charge in [0.15, 0.2) is 0 Å². The molecule has 190 valence electrons. The molecule has 0 aromatic carbocycles. The van der Waals surface area contributed by atoms with Crippen LogP contribution in [0.2, 0.25) is 0 Å². The number of aliphatic hydroxyl groups is 3. The van der Waals surface area contributed by atoms with Gasteiger partial charge in [0.1, 0.15) is 5.78 Å².